The van der Waals surface area contributed by atoms with Crippen LogP contribution in [0.15, 0.2) is 24.5 Å². The van der Waals surface area contributed by atoms with Crippen LogP contribution in [0.1, 0.15) is 37.0 Å². The summed E-state index contributed by atoms with van der Waals surface area (Å²) in [5.74, 6) is -0.837. The van der Waals surface area contributed by atoms with E-state index in [2.05, 4.69) is 5.32 Å². The lowest BCUT2D eigenvalue weighted by Crippen LogP contribution is -3.00. The monoisotopic (exact) mass is 493 g/mol. The maximum Gasteiger partial charge on any atom is 0.412 e. The molecule has 9 heteroatoms. The van der Waals surface area contributed by atoms with Crippen LogP contribution in [0.25, 0.3) is 0 Å². The van der Waals surface area contributed by atoms with Crippen molar-refractivity contribution in [3.63, 3.8) is 0 Å². The Hall–Kier alpha value is -1.91. The first kappa shape index (κ1) is 25.1. The van der Waals surface area contributed by atoms with Crippen molar-refractivity contribution in [1.82, 2.24) is 10.2 Å². The molecule has 0 bridgehead atoms. The summed E-state index contributed by atoms with van der Waals surface area (Å²) in [5.41, 5.74) is 0.486. The molecule has 2 N–H and O–H groups in total. The van der Waals surface area contributed by atoms with Gasteiger partial charge >= 0.3 is 12.1 Å². The SMILES string of the molecule is CC(C)C[C@H](CNC(=O)OC[n+]1cccc(C(=O)N(C)C)c1)CC(=O)O.[I-]. The zero-order valence-corrected chi connectivity index (χ0v) is 18.3. The second-order valence-corrected chi connectivity index (χ2v) is 6.84. The summed E-state index contributed by atoms with van der Waals surface area (Å²) in [4.78, 5) is 36.1. The predicted octanol–water partition coefficient (Wildman–Crippen LogP) is -1.50. The van der Waals surface area contributed by atoms with Gasteiger partial charge in [-0.25, -0.2) is 4.79 Å². The van der Waals surface area contributed by atoms with E-state index >= 15 is 0 Å². The van der Waals surface area contributed by atoms with Crippen LogP contribution in [0.2, 0.25) is 0 Å². The number of rotatable bonds is 9. The summed E-state index contributed by atoms with van der Waals surface area (Å²) in [5, 5.41) is 11.6. The van der Waals surface area contributed by atoms with E-state index in [1.807, 2.05) is 13.8 Å². The first-order valence-corrected chi connectivity index (χ1v) is 8.52. The number of aromatic nitrogens is 1. The van der Waals surface area contributed by atoms with Crippen LogP contribution in [0, 0.1) is 11.8 Å². The number of halogens is 1. The van der Waals surface area contributed by atoms with Crippen molar-refractivity contribution in [2.75, 3.05) is 20.6 Å². The van der Waals surface area contributed by atoms with Crippen LogP contribution in [0.3, 0.4) is 0 Å². The minimum absolute atomic E-state index is 0. The molecule has 1 rings (SSSR count). The Kier molecular flexibility index (Phi) is 11.6. The van der Waals surface area contributed by atoms with E-state index in [1.165, 1.54) is 4.90 Å². The summed E-state index contributed by atoms with van der Waals surface area (Å²) < 4.78 is 6.71. The fraction of sp³-hybridized carbons (Fsp3) is 0.556. The van der Waals surface area contributed by atoms with Crippen LogP contribution >= 0.6 is 0 Å². The van der Waals surface area contributed by atoms with E-state index in [0.29, 0.717) is 17.9 Å². The van der Waals surface area contributed by atoms with E-state index in [4.69, 9.17) is 9.84 Å². The lowest BCUT2D eigenvalue weighted by molar-refractivity contribution is -0.727. The first-order valence-electron chi connectivity index (χ1n) is 8.52. The van der Waals surface area contributed by atoms with Gasteiger partial charge in [-0.15, -0.1) is 0 Å². The number of carboxylic acids is 1. The van der Waals surface area contributed by atoms with Gasteiger partial charge in [-0.2, -0.15) is 4.57 Å². The Labute approximate surface area is 176 Å². The molecule has 0 aliphatic carbocycles. The highest BCUT2D eigenvalue weighted by atomic mass is 127. The van der Waals surface area contributed by atoms with Gasteiger partial charge in [0.05, 0.1) is 0 Å². The smallest absolute Gasteiger partial charge is 0.412 e. The van der Waals surface area contributed by atoms with Crippen LogP contribution < -0.4 is 33.9 Å². The van der Waals surface area contributed by atoms with Gasteiger partial charge in [0.2, 0.25) is 0 Å². The molecule has 0 fully saturated rings. The van der Waals surface area contributed by atoms with E-state index in [9.17, 15) is 14.4 Å². The molecule has 0 saturated carbocycles. The molecule has 27 heavy (non-hydrogen) atoms. The highest BCUT2D eigenvalue weighted by molar-refractivity contribution is 5.93. The van der Waals surface area contributed by atoms with E-state index in [0.717, 1.165) is 0 Å². The lowest BCUT2D eigenvalue weighted by Gasteiger charge is -2.17. The molecule has 0 unspecified atom stereocenters. The summed E-state index contributed by atoms with van der Waals surface area (Å²) >= 11 is 0. The minimum atomic E-state index is -0.885. The number of aliphatic carboxylic acids is 1. The zero-order chi connectivity index (χ0) is 19.7. The summed E-state index contributed by atoms with van der Waals surface area (Å²) in [6.45, 7) is 4.21. The summed E-state index contributed by atoms with van der Waals surface area (Å²) in [6.07, 6.45) is 3.37. The van der Waals surface area contributed by atoms with Crippen molar-refractivity contribution < 1.29 is 52.8 Å². The van der Waals surface area contributed by atoms with Gasteiger partial charge in [0.15, 0.2) is 12.4 Å². The van der Waals surface area contributed by atoms with Crippen molar-refractivity contribution in [3.8, 4) is 0 Å². The molecule has 152 valence electrons. The van der Waals surface area contributed by atoms with Gasteiger partial charge in [0, 0.05) is 33.1 Å². The van der Waals surface area contributed by atoms with Crippen molar-refractivity contribution in [2.45, 2.75) is 33.4 Å². The molecule has 0 saturated heterocycles. The van der Waals surface area contributed by atoms with Crippen molar-refractivity contribution in [2.24, 2.45) is 11.8 Å². The number of hydrogen-bond acceptors (Lipinski definition) is 4. The van der Waals surface area contributed by atoms with E-state index in [-0.39, 0.29) is 55.5 Å². The van der Waals surface area contributed by atoms with Crippen LogP contribution in [-0.4, -0.2) is 48.6 Å². The average Bonchev–Trinajstić information content (AvgIpc) is 2.56. The molecule has 0 spiro atoms. The molecule has 0 aliphatic rings. The Morgan fingerprint density at radius 3 is 2.52 bits per heavy atom. The largest absolute Gasteiger partial charge is 1.00 e. The molecular weight excluding hydrogens is 465 g/mol. The number of hydrogen-bond donors (Lipinski definition) is 2. The quantitative estimate of drug-likeness (QED) is 0.323. The third kappa shape index (κ3) is 10.1. The van der Waals surface area contributed by atoms with E-state index < -0.39 is 12.1 Å². The van der Waals surface area contributed by atoms with Gasteiger partial charge in [-0.05, 0) is 24.3 Å². The fourth-order valence-electron chi connectivity index (χ4n) is 2.55. The number of alkyl carbamates (subject to hydrolysis) is 1. The topological polar surface area (TPSA) is 99.8 Å². The van der Waals surface area contributed by atoms with Crippen LogP contribution in [0.4, 0.5) is 4.79 Å². The normalized spacial score (nSPS) is 11.3. The number of carbonyl (C=O) groups is 3. The molecule has 8 nitrogen and oxygen atoms in total. The lowest BCUT2D eigenvalue weighted by atomic mass is 9.94. The number of ether oxygens (including phenoxy) is 1. The highest BCUT2D eigenvalue weighted by Gasteiger charge is 2.17. The standard InChI is InChI=1S/C18H27N3O5.HI/c1-13(2)8-14(9-16(22)23)10-19-18(25)26-12-21-7-5-6-15(11-21)17(24)20(3)4;/h5-7,11,13-14H,8-10,12H2,1-4H3,(H-,19,22,23,25);1H/t14-;/m0./s1. The number of amides is 2. The second-order valence-electron chi connectivity index (χ2n) is 6.84. The Bertz CT molecular complexity index is 637. The Balaban J connectivity index is 0.00000676. The van der Waals surface area contributed by atoms with E-state index in [1.54, 1.807) is 43.2 Å². The number of nitrogens with zero attached hydrogens (tertiary/aromatic N) is 2. The van der Waals surface area contributed by atoms with Gasteiger partial charge in [-0.3, -0.25) is 9.59 Å². The van der Waals surface area contributed by atoms with Gasteiger partial charge in [0.25, 0.3) is 12.6 Å². The minimum Gasteiger partial charge on any atom is -1.00 e. The molecule has 1 heterocycles. The molecule has 1 aromatic rings. The number of pyridine rings is 1. The summed E-state index contributed by atoms with van der Waals surface area (Å²) in [7, 11) is 3.32. The molecule has 2 amide bonds. The molecule has 0 aliphatic heterocycles. The number of carbonyl (C=O) groups excluding carboxylic acids is 2. The van der Waals surface area contributed by atoms with Gasteiger partial charge in [0.1, 0.15) is 5.56 Å². The highest BCUT2D eigenvalue weighted by Crippen LogP contribution is 2.14. The molecule has 0 radical (unpaired) electrons. The third-order valence-electron chi connectivity index (χ3n) is 3.66. The average molecular weight is 493 g/mol. The van der Waals surface area contributed by atoms with Gasteiger partial charge in [-0.1, -0.05) is 13.8 Å². The molecule has 1 aromatic heterocycles. The molecule has 0 aromatic carbocycles. The number of carboxylic acid groups (broad SMARTS) is 1. The Morgan fingerprint density at radius 2 is 1.96 bits per heavy atom. The van der Waals surface area contributed by atoms with Crippen molar-refractivity contribution >= 4 is 18.0 Å². The van der Waals surface area contributed by atoms with Crippen LogP contribution in [0.5, 0.6) is 0 Å². The predicted molar refractivity (Wildman–Crippen MR) is 94.3 cm³/mol. The fourth-order valence-corrected chi connectivity index (χ4v) is 2.55. The first-order chi connectivity index (χ1) is 12.2. The zero-order valence-electron chi connectivity index (χ0n) is 16.1. The second kappa shape index (κ2) is 12.5. The van der Waals surface area contributed by atoms with Crippen LogP contribution in [-0.2, 0) is 16.3 Å². The molecule has 1 atom stereocenters. The van der Waals surface area contributed by atoms with Gasteiger partial charge < -0.3 is 44.0 Å². The number of nitrogens with one attached hydrogen (secondary N) is 1. The summed E-state index contributed by atoms with van der Waals surface area (Å²) in [6, 6.07) is 3.38. The maximum absolute atomic E-state index is 11.9. The maximum atomic E-state index is 11.9. The third-order valence-corrected chi connectivity index (χ3v) is 3.66. The Morgan fingerprint density at radius 1 is 1.30 bits per heavy atom. The van der Waals surface area contributed by atoms with Crippen molar-refractivity contribution in [3.05, 3.63) is 30.1 Å². The van der Waals surface area contributed by atoms with Crippen molar-refractivity contribution in [1.29, 1.82) is 0 Å². The molecular formula is C18H28IN3O5.